The number of amides is 1. The topological polar surface area (TPSA) is 45.5 Å². The maximum Gasteiger partial charge on any atom is 0.287 e. The van der Waals surface area contributed by atoms with Crippen LogP contribution >= 0.6 is 0 Å². The molecule has 4 nitrogen and oxygen atoms in total. The van der Waals surface area contributed by atoms with Crippen LogP contribution in [0.1, 0.15) is 49.6 Å². The van der Waals surface area contributed by atoms with Gasteiger partial charge in [0.15, 0.2) is 5.76 Å². The number of likely N-dealkylation sites (tertiary alicyclic amines) is 1. The van der Waals surface area contributed by atoms with Gasteiger partial charge < -0.3 is 14.6 Å². The summed E-state index contributed by atoms with van der Waals surface area (Å²) in [5, 5.41) is 3.93. The smallest absolute Gasteiger partial charge is 0.287 e. The van der Waals surface area contributed by atoms with Gasteiger partial charge in [0.1, 0.15) is 5.58 Å². The summed E-state index contributed by atoms with van der Waals surface area (Å²) < 4.78 is 5.58. The molecular formula is C19H26N2O2. The number of benzene rings is 1. The van der Waals surface area contributed by atoms with E-state index >= 15 is 0 Å². The quantitative estimate of drug-likeness (QED) is 0.825. The minimum absolute atomic E-state index is 0.118. The Labute approximate surface area is 137 Å². The van der Waals surface area contributed by atoms with Gasteiger partial charge in [-0.05, 0) is 57.8 Å². The van der Waals surface area contributed by atoms with Crippen molar-refractivity contribution in [3.8, 4) is 0 Å². The average Bonchev–Trinajstić information content (AvgIpc) is 3.00. The van der Waals surface area contributed by atoms with Crippen molar-refractivity contribution in [2.24, 2.45) is 0 Å². The number of carbonyl (C=O) groups is 1. The molecule has 0 saturated carbocycles. The maximum atomic E-state index is 12.1. The van der Waals surface area contributed by atoms with E-state index < -0.39 is 0 Å². The average molecular weight is 314 g/mol. The molecule has 1 aromatic heterocycles. The van der Waals surface area contributed by atoms with E-state index in [0.717, 1.165) is 30.4 Å². The molecule has 1 N–H and O–H groups in total. The number of hydrogen-bond donors (Lipinski definition) is 1. The summed E-state index contributed by atoms with van der Waals surface area (Å²) in [6.07, 6.45) is 6.15. The highest BCUT2D eigenvalue weighted by atomic mass is 16.3. The molecule has 0 radical (unpaired) electrons. The second-order valence-electron chi connectivity index (χ2n) is 6.49. The number of rotatable bonds is 6. The van der Waals surface area contributed by atoms with Crippen molar-refractivity contribution in [3.63, 3.8) is 0 Å². The van der Waals surface area contributed by atoms with Crippen molar-refractivity contribution >= 4 is 16.9 Å². The molecule has 4 heteroatoms. The summed E-state index contributed by atoms with van der Waals surface area (Å²) in [5.74, 6) is 0.281. The Bertz CT molecular complexity index is 617. The Morgan fingerprint density at radius 1 is 1.30 bits per heavy atom. The number of furan rings is 1. The molecule has 1 aliphatic heterocycles. The van der Waals surface area contributed by atoms with E-state index in [1.807, 2.05) is 24.3 Å². The molecule has 2 heterocycles. The van der Waals surface area contributed by atoms with E-state index in [9.17, 15) is 4.79 Å². The van der Waals surface area contributed by atoms with E-state index in [-0.39, 0.29) is 5.91 Å². The Morgan fingerprint density at radius 2 is 2.17 bits per heavy atom. The lowest BCUT2D eigenvalue weighted by Gasteiger charge is -2.33. The van der Waals surface area contributed by atoms with E-state index in [0.29, 0.717) is 18.3 Å². The van der Waals surface area contributed by atoms with Crippen LogP contribution in [-0.2, 0) is 0 Å². The van der Waals surface area contributed by atoms with Gasteiger partial charge in [-0.3, -0.25) is 4.79 Å². The molecule has 1 fully saturated rings. The fourth-order valence-corrected chi connectivity index (χ4v) is 3.31. The van der Waals surface area contributed by atoms with Crippen molar-refractivity contribution < 1.29 is 9.21 Å². The fourth-order valence-electron chi connectivity index (χ4n) is 3.31. The standard InChI is InChI=1S/C19H26N2O2/c1-15-8-4-6-12-21(15)13-7-5-11-20-19(22)18-14-16-9-2-3-10-17(16)23-18/h2-3,9-10,14-15H,4-8,11-13H2,1H3,(H,20,22)/t15-/m1/s1. The van der Waals surface area contributed by atoms with E-state index in [4.69, 9.17) is 4.42 Å². The Balaban J connectivity index is 1.39. The molecule has 1 aromatic carbocycles. The highest BCUT2D eigenvalue weighted by Gasteiger charge is 2.17. The van der Waals surface area contributed by atoms with Crippen molar-refractivity contribution in [2.75, 3.05) is 19.6 Å². The van der Waals surface area contributed by atoms with Gasteiger partial charge >= 0.3 is 0 Å². The Hall–Kier alpha value is -1.81. The predicted octanol–water partition coefficient (Wildman–Crippen LogP) is 3.82. The van der Waals surface area contributed by atoms with Crippen molar-refractivity contribution in [1.29, 1.82) is 0 Å². The normalized spacial score (nSPS) is 19.1. The Kier molecular flexibility index (Phi) is 5.34. The molecular weight excluding hydrogens is 288 g/mol. The summed E-state index contributed by atoms with van der Waals surface area (Å²) in [5.41, 5.74) is 0.761. The number of fused-ring (bicyclic) bond motifs is 1. The minimum atomic E-state index is -0.118. The van der Waals surface area contributed by atoms with Gasteiger partial charge in [-0.1, -0.05) is 24.6 Å². The summed E-state index contributed by atoms with van der Waals surface area (Å²) in [4.78, 5) is 14.7. The first-order valence-corrected chi connectivity index (χ1v) is 8.75. The third-order valence-electron chi connectivity index (χ3n) is 4.75. The van der Waals surface area contributed by atoms with Gasteiger partial charge in [-0.2, -0.15) is 0 Å². The zero-order valence-corrected chi connectivity index (χ0v) is 13.9. The zero-order chi connectivity index (χ0) is 16.1. The molecule has 2 aromatic rings. The molecule has 3 rings (SSSR count). The highest BCUT2D eigenvalue weighted by molar-refractivity contribution is 5.95. The SMILES string of the molecule is C[C@@H]1CCCCN1CCCCNC(=O)c1cc2ccccc2o1. The van der Waals surface area contributed by atoms with Crippen LogP contribution in [0.3, 0.4) is 0 Å². The second kappa shape index (κ2) is 7.64. The third kappa shape index (κ3) is 4.14. The lowest BCUT2D eigenvalue weighted by molar-refractivity contribution is 0.0926. The number of carbonyl (C=O) groups excluding carboxylic acids is 1. The van der Waals surface area contributed by atoms with Crippen LogP contribution in [0.15, 0.2) is 34.7 Å². The lowest BCUT2D eigenvalue weighted by atomic mass is 10.0. The maximum absolute atomic E-state index is 12.1. The van der Waals surface area contributed by atoms with Crippen LogP contribution < -0.4 is 5.32 Å². The molecule has 124 valence electrons. The van der Waals surface area contributed by atoms with Gasteiger partial charge in [0.05, 0.1) is 0 Å². The zero-order valence-electron chi connectivity index (χ0n) is 13.9. The van der Waals surface area contributed by atoms with Crippen LogP contribution in [0.5, 0.6) is 0 Å². The number of hydrogen-bond acceptors (Lipinski definition) is 3. The summed E-state index contributed by atoms with van der Waals surface area (Å²) >= 11 is 0. The van der Waals surface area contributed by atoms with E-state index in [1.54, 1.807) is 6.07 Å². The summed E-state index contributed by atoms with van der Waals surface area (Å²) in [7, 11) is 0. The molecule has 1 aliphatic rings. The molecule has 1 atom stereocenters. The van der Waals surface area contributed by atoms with Crippen LogP contribution in [0, 0.1) is 0 Å². The summed E-state index contributed by atoms with van der Waals surface area (Å²) in [6.45, 7) is 5.40. The van der Waals surface area contributed by atoms with Gasteiger partial charge in [-0.15, -0.1) is 0 Å². The van der Waals surface area contributed by atoms with Crippen LogP contribution in [0.25, 0.3) is 11.0 Å². The van der Waals surface area contributed by atoms with Gasteiger partial charge in [0.25, 0.3) is 5.91 Å². The molecule has 0 spiro atoms. The molecule has 0 unspecified atom stereocenters. The van der Waals surface area contributed by atoms with E-state index in [1.165, 1.54) is 25.8 Å². The molecule has 1 amide bonds. The lowest BCUT2D eigenvalue weighted by Crippen LogP contribution is -2.38. The van der Waals surface area contributed by atoms with Crippen molar-refractivity contribution in [2.45, 2.75) is 45.1 Å². The van der Waals surface area contributed by atoms with Crippen molar-refractivity contribution in [3.05, 3.63) is 36.1 Å². The molecule has 0 aliphatic carbocycles. The number of nitrogens with one attached hydrogen (secondary N) is 1. The monoisotopic (exact) mass is 314 g/mol. The first-order valence-electron chi connectivity index (χ1n) is 8.75. The predicted molar refractivity (Wildman–Crippen MR) is 92.7 cm³/mol. The van der Waals surface area contributed by atoms with Crippen LogP contribution in [-0.4, -0.2) is 36.5 Å². The van der Waals surface area contributed by atoms with Gasteiger partial charge in [0.2, 0.25) is 0 Å². The molecule has 1 saturated heterocycles. The van der Waals surface area contributed by atoms with Crippen LogP contribution in [0.2, 0.25) is 0 Å². The second-order valence-corrected chi connectivity index (χ2v) is 6.49. The van der Waals surface area contributed by atoms with Crippen LogP contribution in [0.4, 0.5) is 0 Å². The highest BCUT2D eigenvalue weighted by Crippen LogP contribution is 2.19. The first kappa shape index (κ1) is 16.1. The molecule has 23 heavy (non-hydrogen) atoms. The largest absolute Gasteiger partial charge is 0.451 e. The van der Waals surface area contributed by atoms with Gasteiger partial charge in [0, 0.05) is 18.0 Å². The van der Waals surface area contributed by atoms with Crippen molar-refractivity contribution in [1.82, 2.24) is 10.2 Å². The third-order valence-corrected chi connectivity index (χ3v) is 4.75. The first-order chi connectivity index (χ1) is 11.2. The molecule has 0 bridgehead atoms. The summed E-state index contributed by atoms with van der Waals surface area (Å²) in [6, 6.07) is 10.2. The number of nitrogens with zero attached hydrogens (tertiary/aromatic N) is 1. The fraction of sp³-hybridized carbons (Fsp3) is 0.526. The van der Waals surface area contributed by atoms with E-state index in [2.05, 4.69) is 17.1 Å². The number of unbranched alkanes of at least 4 members (excludes halogenated alkanes) is 1. The minimum Gasteiger partial charge on any atom is -0.451 e. The number of para-hydroxylation sites is 1. The Morgan fingerprint density at radius 3 is 3.00 bits per heavy atom. The van der Waals surface area contributed by atoms with Gasteiger partial charge in [-0.25, -0.2) is 0 Å². The number of piperidine rings is 1.